The van der Waals surface area contributed by atoms with Gasteiger partial charge >= 0.3 is 0 Å². The Hall–Kier alpha value is -3.64. The first-order chi connectivity index (χ1) is 19.4. The fourth-order valence-electron chi connectivity index (χ4n) is 6.44. The second kappa shape index (κ2) is 12.7. The first-order valence-electron chi connectivity index (χ1n) is 14.9. The van der Waals surface area contributed by atoms with Gasteiger partial charge in [-0.05, 0) is 94.0 Å². The minimum atomic E-state index is -0.283. The summed E-state index contributed by atoms with van der Waals surface area (Å²) in [5.74, 6) is -0.130. The van der Waals surface area contributed by atoms with Crippen LogP contribution in [-0.2, 0) is 11.2 Å². The summed E-state index contributed by atoms with van der Waals surface area (Å²) in [6.07, 6.45) is 7.81. The summed E-state index contributed by atoms with van der Waals surface area (Å²) in [5, 5.41) is 11.4. The second-order valence-corrected chi connectivity index (χ2v) is 11.5. The van der Waals surface area contributed by atoms with E-state index in [1.807, 2.05) is 59.5 Å². The number of para-hydroxylation sites is 1. The second-order valence-electron chi connectivity index (χ2n) is 11.5. The molecule has 3 atom stereocenters. The van der Waals surface area contributed by atoms with Crippen molar-refractivity contribution < 1.29 is 4.79 Å². The summed E-state index contributed by atoms with van der Waals surface area (Å²) in [5.41, 5.74) is 11.5. The van der Waals surface area contributed by atoms with Gasteiger partial charge in [-0.25, -0.2) is 0 Å². The molecule has 1 unspecified atom stereocenters. The van der Waals surface area contributed by atoms with Crippen molar-refractivity contribution in [1.29, 1.82) is 5.41 Å². The number of rotatable bonds is 10. The van der Waals surface area contributed by atoms with E-state index in [0.717, 1.165) is 48.4 Å². The molecule has 5 rings (SSSR count). The highest BCUT2D eigenvalue weighted by molar-refractivity contribution is 6.02. The third kappa shape index (κ3) is 6.39. The standard InChI is InChI=1S/C34H43N5O/c1-24-11-9-12-25(2)38(24)19-7-4-8-20-39-32-23-30(37-29-15-5-3-6-16-29)18-17-27(32)22-31(34(39)40)26-13-10-14-28(21-26)33(35)36/h3,5-6,10,13-18,21,23-25,31,37H,4,7-9,11-12,19-20,22H2,1-2H3,(H3,35,36)/t24-,25+,31?. The van der Waals surface area contributed by atoms with Crippen LogP contribution in [0.25, 0.3) is 0 Å². The lowest BCUT2D eigenvalue weighted by molar-refractivity contribution is -0.120. The van der Waals surface area contributed by atoms with Crippen molar-refractivity contribution in [1.82, 2.24) is 4.90 Å². The molecule has 0 aliphatic carbocycles. The number of nitrogen functional groups attached to an aromatic ring is 1. The van der Waals surface area contributed by atoms with E-state index in [9.17, 15) is 4.79 Å². The summed E-state index contributed by atoms with van der Waals surface area (Å²) < 4.78 is 0. The third-order valence-electron chi connectivity index (χ3n) is 8.70. The summed E-state index contributed by atoms with van der Waals surface area (Å²) in [4.78, 5) is 18.7. The number of unbranched alkanes of at least 4 members (excludes halogenated alkanes) is 2. The molecule has 1 fully saturated rings. The monoisotopic (exact) mass is 537 g/mol. The van der Waals surface area contributed by atoms with Crippen molar-refractivity contribution in [3.8, 4) is 0 Å². The van der Waals surface area contributed by atoms with Crippen LogP contribution < -0.4 is 16.0 Å². The minimum Gasteiger partial charge on any atom is -0.384 e. The molecule has 6 nitrogen and oxygen atoms in total. The van der Waals surface area contributed by atoms with Crippen LogP contribution in [0.3, 0.4) is 0 Å². The van der Waals surface area contributed by atoms with E-state index in [1.54, 1.807) is 0 Å². The average Bonchev–Trinajstić information content (AvgIpc) is 2.95. The van der Waals surface area contributed by atoms with Gasteiger partial charge < -0.3 is 16.0 Å². The molecule has 3 aromatic carbocycles. The van der Waals surface area contributed by atoms with Crippen LogP contribution in [-0.4, -0.2) is 41.8 Å². The first kappa shape index (κ1) is 27.9. The number of carbonyl (C=O) groups is 1. The normalized spacial score (nSPS) is 21.2. The van der Waals surface area contributed by atoms with Crippen molar-refractivity contribution in [3.05, 3.63) is 89.5 Å². The number of piperidine rings is 1. The average molecular weight is 538 g/mol. The predicted molar refractivity (Wildman–Crippen MR) is 166 cm³/mol. The van der Waals surface area contributed by atoms with Crippen molar-refractivity contribution >= 4 is 28.8 Å². The van der Waals surface area contributed by atoms with Gasteiger partial charge in [-0.2, -0.15) is 0 Å². The molecule has 2 aliphatic heterocycles. The van der Waals surface area contributed by atoms with Gasteiger partial charge in [-0.3, -0.25) is 15.1 Å². The highest BCUT2D eigenvalue weighted by Gasteiger charge is 2.34. The maximum absolute atomic E-state index is 14.0. The third-order valence-corrected chi connectivity index (χ3v) is 8.70. The quantitative estimate of drug-likeness (QED) is 0.150. The minimum absolute atomic E-state index is 0.0244. The Bertz CT molecular complexity index is 1310. The van der Waals surface area contributed by atoms with E-state index in [0.29, 0.717) is 30.6 Å². The van der Waals surface area contributed by atoms with Gasteiger partial charge in [-0.15, -0.1) is 0 Å². The maximum Gasteiger partial charge on any atom is 0.234 e. The Labute approximate surface area is 239 Å². The zero-order valence-corrected chi connectivity index (χ0v) is 23.9. The number of amides is 1. The first-order valence-corrected chi connectivity index (χ1v) is 14.9. The number of amidine groups is 1. The van der Waals surface area contributed by atoms with Gasteiger partial charge in [0, 0.05) is 41.3 Å². The van der Waals surface area contributed by atoms with Gasteiger partial charge in [0.25, 0.3) is 0 Å². The van der Waals surface area contributed by atoms with Crippen LogP contribution in [0.2, 0.25) is 0 Å². The number of likely N-dealkylation sites (tertiary alicyclic amines) is 1. The number of fused-ring (bicyclic) bond motifs is 1. The van der Waals surface area contributed by atoms with Crippen LogP contribution in [0.1, 0.15) is 75.0 Å². The molecule has 1 saturated heterocycles. The van der Waals surface area contributed by atoms with Crippen LogP contribution >= 0.6 is 0 Å². The molecule has 4 N–H and O–H groups in total. The molecule has 2 heterocycles. The fourth-order valence-corrected chi connectivity index (χ4v) is 6.44. The van der Waals surface area contributed by atoms with Gasteiger partial charge in [-0.1, -0.05) is 55.3 Å². The molecule has 3 aromatic rings. The number of carbonyl (C=O) groups excluding carboxylic acids is 1. The summed E-state index contributed by atoms with van der Waals surface area (Å²) in [6.45, 7) is 6.57. The van der Waals surface area contributed by atoms with Crippen molar-refractivity contribution in [2.24, 2.45) is 5.73 Å². The van der Waals surface area contributed by atoms with Crippen LogP contribution in [0.4, 0.5) is 17.1 Å². The molecule has 0 radical (unpaired) electrons. The lowest BCUT2D eigenvalue weighted by atomic mass is 9.85. The molecule has 40 heavy (non-hydrogen) atoms. The maximum atomic E-state index is 14.0. The smallest absolute Gasteiger partial charge is 0.234 e. The highest BCUT2D eigenvalue weighted by atomic mass is 16.2. The van der Waals surface area contributed by atoms with E-state index in [4.69, 9.17) is 11.1 Å². The summed E-state index contributed by atoms with van der Waals surface area (Å²) in [7, 11) is 0. The van der Waals surface area contributed by atoms with E-state index >= 15 is 0 Å². The molecule has 2 aliphatic rings. The number of hydrogen-bond donors (Lipinski definition) is 3. The van der Waals surface area contributed by atoms with E-state index < -0.39 is 0 Å². The predicted octanol–water partition coefficient (Wildman–Crippen LogP) is 6.82. The molecule has 6 heteroatoms. The molecule has 1 amide bonds. The molecule has 0 aromatic heterocycles. The molecule has 210 valence electrons. The molecular weight excluding hydrogens is 494 g/mol. The summed E-state index contributed by atoms with van der Waals surface area (Å²) in [6, 6.07) is 25.5. The van der Waals surface area contributed by atoms with Crippen molar-refractivity contribution in [2.75, 3.05) is 23.3 Å². The van der Waals surface area contributed by atoms with E-state index in [2.05, 4.69) is 42.3 Å². The fraction of sp³-hybridized carbons (Fsp3) is 0.412. The molecule has 0 spiro atoms. The number of anilines is 3. The molecule has 0 bridgehead atoms. The van der Waals surface area contributed by atoms with Gasteiger partial charge in [0.15, 0.2) is 0 Å². The molecule has 0 saturated carbocycles. The Kier molecular flexibility index (Phi) is 8.85. The zero-order chi connectivity index (χ0) is 28.1. The lowest BCUT2D eigenvalue weighted by Gasteiger charge is -2.39. The highest BCUT2D eigenvalue weighted by Crippen LogP contribution is 2.38. The topological polar surface area (TPSA) is 85.5 Å². The number of nitrogens with one attached hydrogen (secondary N) is 2. The van der Waals surface area contributed by atoms with Crippen LogP contribution in [0.5, 0.6) is 0 Å². The Morgan fingerprint density at radius 3 is 2.40 bits per heavy atom. The number of nitrogens with two attached hydrogens (primary N) is 1. The van der Waals surface area contributed by atoms with Gasteiger partial charge in [0.2, 0.25) is 5.91 Å². The zero-order valence-electron chi connectivity index (χ0n) is 23.9. The van der Waals surface area contributed by atoms with Gasteiger partial charge in [0.05, 0.1) is 5.92 Å². The van der Waals surface area contributed by atoms with E-state index in [-0.39, 0.29) is 17.7 Å². The van der Waals surface area contributed by atoms with Crippen molar-refractivity contribution in [2.45, 2.75) is 76.8 Å². The largest absolute Gasteiger partial charge is 0.384 e. The van der Waals surface area contributed by atoms with Gasteiger partial charge in [0.1, 0.15) is 5.84 Å². The number of hydrogen-bond acceptors (Lipinski definition) is 4. The van der Waals surface area contributed by atoms with Crippen molar-refractivity contribution in [3.63, 3.8) is 0 Å². The lowest BCUT2D eigenvalue weighted by Crippen LogP contribution is -2.44. The Morgan fingerprint density at radius 1 is 0.900 bits per heavy atom. The Morgan fingerprint density at radius 2 is 1.65 bits per heavy atom. The SMILES string of the molecule is C[C@@H]1CCC[C@H](C)N1CCCCCN1C(=O)C(c2cccc(C(=N)N)c2)Cc2ccc(Nc3ccccc3)cc21. The van der Waals surface area contributed by atoms with Crippen LogP contribution in [0, 0.1) is 5.41 Å². The van der Waals surface area contributed by atoms with Crippen LogP contribution in [0.15, 0.2) is 72.8 Å². The molecular formula is C34H43N5O. The van der Waals surface area contributed by atoms with E-state index in [1.165, 1.54) is 24.8 Å². The number of benzene rings is 3. The Balaban J connectivity index is 1.33. The number of nitrogens with zero attached hydrogens (tertiary/aromatic N) is 2. The summed E-state index contributed by atoms with van der Waals surface area (Å²) >= 11 is 0.